The molecule has 0 unspecified atom stereocenters. The second kappa shape index (κ2) is 3.73. The highest BCUT2D eigenvalue weighted by atomic mass is 127. The van der Waals surface area contributed by atoms with E-state index in [0.717, 1.165) is 32.3 Å². The van der Waals surface area contributed by atoms with E-state index in [1.165, 1.54) is 0 Å². The van der Waals surface area contributed by atoms with Crippen molar-refractivity contribution >= 4 is 39.2 Å². The quantitative estimate of drug-likeness (QED) is 0.822. The Morgan fingerprint density at radius 1 is 1.43 bits per heavy atom. The summed E-state index contributed by atoms with van der Waals surface area (Å²) in [6.07, 6.45) is 0.922. The Labute approximate surface area is 96.7 Å². The zero-order valence-corrected chi connectivity index (χ0v) is 10.1. The van der Waals surface area contributed by atoms with Gasteiger partial charge in [-0.1, -0.05) is 19.1 Å². The van der Waals surface area contributed by atoms with Gasteiger partial charge in [0.1, 0.15) is 0 Å². The number of benzene rings is 1. The van der Waals surface area contributed by atoms with Crippen molar-refractivity contribution in [3.63, 3.8) is 0 Å². The summed E-state index contributed by atoms with van der Waals surface area (Å²) < 4.78 is 1.15. The first-order valence-corrected chi connectivity index (χ1v) is 5.64. The molecule has 0 spiro atoms. The van der Waals surface area contributed by atoms with Gasteiger partial charge in [-0.3, -0.25) is 4.98 Å². The summed E-state index contributed by atoms with van der Waals surface area (Å²) in [6, 6.07) is 8.03. The summed E-state index contributed by atoms with van der Waals surface area (Å²) in [4.78, 5) is 4.57. The fourth-order valence-corrected chi connectivity index (χ4v) is 2.09. The second-order valence-electron chi connectivity index (χ2n) is 3.19. The molecule has 3 heteroatoms. The van der Waals surface area contributed by atoms with Crippen molar-refractivity contribution in [2.24, 2.45) is 0 Å². The molecule has 0 radical (unpaired) electrons. The summed E-state index contributed by atoms with van der Waals surface area (Å²) in [7, 11) is 0. The molecule has 0 aliphatic heterocycles. The topological polar surface area (TPSA) is 38.9 Å². The summed E-state index contributed by atoms with van der Waals surface area (Å²) >= 11 is 2.29. The molecule has 0 aliphatic carbocycles. The monoisotopic (exact) mass is 298 g/mol. The lowest BCUT2D eigenvalue weighted by Crippen LogP contribution is -1.95. The maximum absolute atomic E-state index is 5.96. The summed E-state index contributed by atoms with van der Waals surface area (Å²) in [5.74, 6) is 0. The van der Waals surface area contributed by atoms with Gasteiger partial charge in [0.05, 0.1) is 5.52 Å². The van der Waals surface area contributed by atoms with E-state index in [0.29, 0.717) is 0 Å². The number of nitrogen functional groups attached to an aromatic ring is 1. The third-order valence-corrected chi connectivity index (χ3v) is 3.11. The zero-order chi connectivity index (χ0) is 10.1. The first-order valence-electron chi connectivity index (χ1n) is 4.56. The number of para-hydroxylation sites is 1. The van der Waals surface area contributed by atoms with Crippen molar-refractivity contribution in [2.45, 2.75) is 13.3 Å². The first-order chi connectivity index (χ1) is 6.72. The van der Waals surface area contributed by atoms with Crippen molar-refractivity contribution in [1.82, 2.24) is 4.98 Å². The normalized spacial score (nSPS) is 10.7. The molecule has 2 aromatic rings. The van der Waals surface area contributed by atoms with Crippen molar-refractivity contribution in [3.05, 3.63) is 33.5 Å². The van der Waals surface area contributed by atoms with E-state index in [1.807, 2.05) is 18.2 Å². The molecule has 2 N–H and O–H groups in total. The third kappa shape index (κ3) is 1.56. The van der Waals surface area contributed by atoms with Gasteiger partial charge in [0.15, 0.2) is 0 Å². The molecule has 0 saturated heterocycles. The van der Waals surface area contributed by atoms with Gasteiger partial charge in [-0.2, -0.15) is 0 Å². The Kier molecular flexibility index (Phi) is 2.58. The fourth-order valence-electron chi connectivity index (χ4n) is 1.48. The highest BCUT2D eigenvalue weighted by molar-refractivity contribution is 14.1. The van der Waals surface area contributed by atoms with E-state index in [-0.39, 0.29) is 0 Å². The molecule has 2 nitrogen and oxygen atoms in total. The number of hydrogen-bond donors (Lipinski definition) is 1. The maximum Gasteiger partial charge on any atom is 0.0859 e. The van der Waals surface area contributed by atoms with E-state index >= 15 is 0 Å². The molecule has 72 valence electrons. The first kappa shape index (κ1) is 9.71. The van der Waals surface area contributed by atoms with Crippen LogP contribution in [0.15, 0.2) is 24.3 Å². The number of aryl methyl sites for hydroxylation is 1. The molecule has 2 rings (SSSR count). The van der Waals surface area contributed by atoms with Crippen LogP contribution in [0.25, 0.3) is 10.9 Å². The van der Waals surface area contributed by atoms with E-state index in [4.69, 9.17) is 5.73 Å². The van der Waals surface area contributed by atoms with Crippen molar-refractivity contribution in [3.8, 4) is 0 Å². The molecular weight excluding hydrogens is 287 g/mol. The highest BCUT2D eigenvalue weighted by Gasteiger charge is 2.04. The van der Waals surface area contributed by atoms with Gasteiger partial charge in [-0.05, 0) is 41.1 Å². The Morgan fingerprint density at radius 2 is 2.21 bits per heavy atom. The van der Waals surface area contributed by atoms with Crippen LogP contribution >= 0.6 is 22.6 Å². The van der Waals surface area contributed by atoms with Crippen LogP contribution < -0.4 is 5.73 Å². The molecular formula is C11H11IN2. The predicted octanol–water partition coefficient (Wildman–Crippen LogP) is 2.98. The number of aromatic nitrogens is 1. The van der Waals surface area contributed by atoms with Crippen LogP contribution in [0.1, 0.15) is 12.6 Å². The molecule has 0 bridgehead atoms. The minimum Gasteiger partial charge on any atom is -0.398 e. The van der Waals surface area contributed by atoms with Crippen LogP contribution in [0, 0.1) is 3.57 Å². The Bertz CT molecular complexity index is 480. The Morgan fingerprint density at radius 3 is 2.93 bits per heavy atom. The van der Waals surface area contributed by atoms with Crippen LogP contribution in [-0.2, 0) is 6.42 Å². The number of fused-ring (bicyclic) bond motifs is 1. The number of anilines is 1. The molecule has 0 atom stereocenters. The van der Waals surface area contributed by atoms with E-state index < -0.39 is 0 Å². The predicted molar refractivity (Wildman–Crippen MR) is 68.3 cm³/mol. The van der Waals surface area contributed by atoms with Gasteiger partial charge in [-0.15, -0.1) is 0 Å². The van der Waals surface area contributed by atoms with Crippen molar-refractivity contribution < 1.29 is 0 Å². The number of hydrogen-bond acceptors (Lipinski definition) is 2. The van der Waals surface area contributed by atoms with Crippen molar-refractivity contribution in [1.29, 1.82) is 0 Å². The lowest BCUT2D eigenvalue weighted by Gasteiger charge is -2.05. The summed E-state index contributed by atoms with van der Waals surface area (Å²) in [5.41, 5.74) is 8.86. The van der Waals surface area contributed by atoms with Crippen LogP contribution in [0.4, 0.5) is 5.69 Å². The number of rotatable bonds is 1. The Hall–Kier alpha value is -0.840. The molecule has 0 amide bonds. The van der Waals surface area contributed by atoms with E-state index in [2.05, 4.69) is 40.6 Å². The number of nitrogens with two attached hydrogens (primary N) is 1. The van der Waals surface area contributed by atoms with Crippen LogP contribution in [0.3, 0.4) is 0 Å². The number of pyridine rings is 1. The average molecular weight is 298 g/mol. The van der Waals surface area contributed by atoms with Gasteiger partial charge in [0, 0.05) is 20.3 Å². The highest BCUT2D eigenvalue weighted by Crippen LogP contribution is 2.24. The second-order valence-corrected chi connectivity index (χ2v) is 4.35. The van der Waals surface area contributed by atoms with Crippen LogP contribution in [-0.4, -0.2) is 4.98 Å². The smallest absolute Gasteiger partial charge is 0.0859 e. The fraction of sp³-hybridized carbons (Fsp3) is 0.182. The lowest BCUT2D eigenvalue weighted by atomic mass is 10.1. The van der Waals surface area contributed by atoms with Crippen LogP contribution in [0.5, 0.6) is 0 Å². The Balaban J connectivity index is 2.83. The minimum atomic E-state index is 0.824. The molecule has 1 aromatic carbocycles. The maximum atomic E-state index is 5.96. The third-order valence-electron chi connectivity index (χ3n) is 2.24. The van der Waals surface area contributed by atoms with Gasteiger partial charge in [0.25, 0.3) is 0 Å². The molecule has 0 aliphatic rings. The average Bonchev–Trinajstić information content (AvgIpc) is 2.19. The summed E-state index contributed by atoms with van der Waals surface area (Å²) in [6.45, 7) is 2.09. The van der Waals surface area contributed by atoms with Gasteiger partial charge >= 0.3 is 0 Å². The zero-order valence-electron chi connectivity index (χ0n) is 7.92. The van der Waals surface area contributed by atoms with Gasteiger partial charge in [-0.25, -0.2) is 0 Å². The van der Waals surface area contributed by atoms with E-state index in [9.17, 15) is 0 Å². The molecule has 0 fully saturated rings. The molecule has 1 heterocycles. The van der Waals surface area contributed by atoms with Crippen LogP contribution in [0.2, 0.25) is 0 Å². The molecule has 1 aromatic heterocycles. The summed E-state index contributed by atoms with van der Waals surface area (Å²) in [5, 5.41) is 1.05. The van der Waals surface area contributed by atoms with Gasteiger partial charge < -0.3 is 5.73 Å². The number of halogens is 1. The number of nitrogens with zero attached hydrogens (tertiary/aromatic N) is 1. The van der Waals surface area contributed by atoms with E-state index in [1.54, 1.807) is 0 Å². The van der Waals surface area contributed by atoms with Gasteiger partial charge in [0.2, 0.25) is 0 Å². The minimum absolute atomic E-state index is 0.824. The van der Waals surface area contributed by atoms with Crippen molar-refractivity contribution in [2.75, 3.05) is 5.73 Å². The molecule has 0 saturated carbocycles. The lowest BCUT2D eigenvalue weighted by molar-refractivity contribution is 1.06. The standard InChI is InChI=1S/C11H11IN2/c1-2-7-6-10(13)8-4-3-5-9(12)11(8)14-7/h3-6H,2H2,1H3,(H2,13,14). The molecule has 14 heavy (non-hydrogen) atoms. The largest absolute Gasteiger partial charge is 0.398 e. The SMILES string of the molecule is CCc1cc(N)c2cccc(I)c2n1.